The highest BCUT2D eigenvalue weighted by atomic mass is 16.1. The molecule has 1 aliphatic rings. The molecule has 1 aromatic carbocycles. The fraction of sp³-hybridized carbons (Fsp3) is 0.214. The average molecular weight is 269 g/mol. The molecular weight excluding hydrogens is 254 g/mol. The van der Waals surface area contributed by atoms with Crippen LogP contribution in [-0.2, 0) is 12.8 Å². The third-order valence-corrected chi connectivity index (χ3v) is 3.37. The third kappa shape index (κ3) is 2.46. The van der Waals surface area contributed by atoms with Crippen LogP contribution in [0.1, 0.15) is 28.0 Å². The number of carbonyl (C=O) groups excluding carboxylic acids is 1. The number of aryl methyl sites for hydroxylation is 2. The number of nitrogens with one attached hydrogen (secondary N) is 2. The van der Waals surface area contributed by atoms with Crippen LogP contribution in [0.15, 0.2) is 30.6 Å². The fourth-order valence-corrected chi connectivity index (χ4v) is 2.39. The molecule has 0 fully saturated rings. The van der Waals surface area contributed by atoms with Crippen molar-refractivity contribution < 1.29 is 4.79 Å². The number of hydrogen-bond acceptors (Lipinski definition) is 5. The zero-order chi connectivity index (χ0) is 13.9. The van der Waals surface area contributed by atoms with E-state index in [9.17, 15) is 4.79 Å². The van der Waals surface area contributed by atoms with E-state index in [0.717, 1.165) is 18.5 Å². The number of nitrogen functional groups attached to an aromatic ring is 1. The van der Waals surface area contributed by atoms with Crippen LogP contribution in [0.25, 0.3) is 0 Å². The summed E-state index contributed by atoms with van der Waals surface area (Å²) in [6, 6.07) is 6.01. The number of aromatic nitrogens is 2. The second-order valence-corrected chi connectivity index (χ2v) is 4.73. The highest BCUT2D eigenvalue weighted by Gasteiger charge is 2.13. The van der Waals surface area contributed by atoms with Gasteiger partial charge in [-0.3, -0.25) is 9.78 Å². The molecule has 0 aliphatic heterocycles. The van der Waals surface area contributed by atoms with Crippen LogP contribution in [0.4, 0.5) is 11.5 Å². The van der Waals surface area contributed by atoms with Crippen molar-refractivity contribution in [2.24, 2.45) is 5.84 Å². The van der Waals surface area contributed by atoms with E-state index >= 15 is 0 Å². The van der Waals surface area contributed by atoms with Gasteiger partial charge in [-0.05, 0) is 42.5 Å². The van der Waals surface area contributed by atoms with Crippen molar-refractivity contribution in [3.05, 3.63) is 47.4 Å². The van der Waals surface area contributed by atoms with Gasteiger partial charge in [0, 0.05) is 5.69 Å². The number of rotatable bonds is 3. The van der Waals surface area contributed by atoms with Gasteiger partial charge in [0.25, 0.3) is 5.91 Å². The molecule has 102 valence electrons. The molecule has 20 heavy (non-hydrogen) atoms. The molecule has 3 rings (SSSR count). The van der Waals surface area contributed by atoms with Crippen LogP contribution in [0, 0.1) is 0 Å². The minimum atomic E-state index is -0.299. The Balaban J connectivity index is 1.78. The first-order valence-corrected chi connectivity index (χ1v) is 6.48. The average Bonchev–Trinajstić information content (AvgIpc) is 2.95. The first-order valence-electron chi connectivity index (χ1n) is 6.48. The van der Waals surface area contributed by atoms with E-state index < -0.39 is 0 Å². The van der Waals surface area contributed by atoms with Gasteiger partial charge in [-0.15, -0.1) is 0 Å². The summed E-state index contributed by atoms with van der Waals surface area (Å²) in [7, 11) is 0. The summed E-state index contributed by atoms with van der Waals surface area (Å²) in [6.07, 6.45) is 6.24. The lowest BCUT2D eigenvalue weighted by Gasteiger charge is -2.07. The second kappa shape index (κ2) is 5.26. The van der Waals surface area contributed by atoms with Crippen molar-refractivity contribution in [1.82, 2.24) is 9.97 Å². The molecule has 1 aliphatic carbocycles. The van der Waals surface area contributed by atoms with E-state index in [2.05, 4.69) is 26.8 Å². The SMILES string of the molecule is NNc1cncc(C(=O)Nc2ccc3c(c2)CCC3)n1. The fourth-order valence-electron chi connectivity index (χ4n) is 2.39. The summed E-state index contributed by atoms with van der Waals surface area (Å²) in [4.78, 5) is 20.1. The van der Waals surface area contributed by atoms with Crippen LogP contribution in [0.3, 0.4) is 0 Å². The van der Waals surface area contributed by atoms with E-state index in [0.29, 0.717) is 5.82 Å². The van der Waals surface area contributed by atoms with Crippen LogP contribution in [-0.4, -0.2) is 15.9 Å². The summed E-state index contributed by atoms with van der Waals surface area (Å²) in [5.74, 6) is 5.30. The molecule has 0 radical (unpaired) electrons. The van der Waals surface area contributed by atoms with Crippen molar-refractivity contribution in [2.45, 2.75) is 19.3 Å². The number of hydrazine groups is 1. The molecule has 0 saturated heterocycles. The van der Waals surface area contributed by atoms with Gasteiger partial charge in [0.1, 0.15) is 5.69 Å². The predicted octanol–water partition coefficient (Wildman–Crippen LogP) is 1.50. The normalized spacial score (nSPS) is 12.8. The number of hydrogen-bond donors (Lipinski definition) is 3. The number of fused-ring (bicyclic) bond motifs is 1. The number of carbonyl (C=O) groups is 1. The first kappa shape index (κ1) is 12.6. The smallest absolute Gasteiger partial charge is 0.275 e. The highest BCUT2D eigenvalue weighted by Crippen LogP contribution is 2.25. The maximum Gasteiger partial charge on any atom is 0.275 e. The molecule has 4 N–H and O–H groups in total. The summed E-state index contributed by atoms with van der Waals surface area (Å²) in [5, 5.41) is 2.83. The highest BCUT2D eigenvalue weighted by molar-refractivity contribution is 6.02. The largest absolute Gasteiger partial charge is 0.321 e. The summed E-state index contributed by atoms with van der Waals surface area (Å²) in [6.45, 7) is 0. The van der Waals surface area contributed by atoms with E-state index in [4.69, 9.17) is 5.84 Å². The Morgan fingerprint density at radius 1 is 1.20 bits per heavy atom. The Labute approximate surface area is 116 Å². The van der Waals surface area contributed by atoms with Gasteiger partial charge in [-0.2, -0.15) is 0 Å². The Morgan fingerprint density at radius 3 is 2.90 bits per heavy atom. The van der Waals surface area contributed by atoms with Crippen molar-refractivity contribution >= 4 is 17.4 Å². The summed E-state index contributed by atoms with van der Waals surface area (Å²) < 4.78 is 0. The van der Waals surface area contributed by atoms with Crippen LogP contribution >= 0.6 is 0 Å². The molecule has 1 aromatic heterocycles. The number of amides is 1. The van der Waals surface area contributed by atoms with Gasteiger partial charge < -0.3 is 10.7 Å². The Kier molecular flexibility index (Phi) is 3.30. The van der Waals surface area contributed by atoms with Crippen LogP contribution in [0.2, 0.25) is 0 Å². The maximum atomic E-state index is 12.1. The minimum absolute atomic E-state index is 0.223. The van der Waals surface area contributed by atoms with Crippen molar-refractivity contribution in [3.8, 4) is 0 Å². The number of anilines is 2. The monoisotopic (exact) mass is 269 g/mol. The van der Waals surface area contributed by atoms with E-state index in [1.54, 1.807) is 0 Å². The lowest BCUT2D eigenvalue weighted by molar-refractivity contribution is 0.102. The molecule has 6 nitrogen and oxygen atoms in total. The molecule has 0 saturated carbocycles. The van der Waals surface area contributed by atoms with Gasteiger partial charge in [0.05, 0.1) is 12.4 Å². The zero-order valence-electron chi connectivity index (χ0n) is 10.9. The van der Waals surface area contributed by atoms with E-state index in [1.807, 2.05) is 12.1 Å². The van der Waals surface area contributed by atoms with Gasteiger partial charge in [-0.25, -0.2) is 10.8 Å². The van der Waals surface area contributed by atoms with Crippen LogP contribution < -0.4 is 16.6 Å². The molecular formula is C14H15N5O. The molecule has 0 atom stereocenters. The number of benzene rings is 1. The van der Waals surface area contributed by atoms with Crippen molar-refractivity contribution in [3.63, 3.8) is 0 Å². The molecule has 0 bridgehead atoms. The third-order valence-electron chi connectivity index (χ3n) is 3.37. The Bertz CT molecular complexity index is 656. The number of nitrogens with zero attached hydrogens (tertiary/aromatic N) is 2. The molecule has 2 aromatic rings. The summed E-state index contributed by atoms with van der Waals surface area (Å²) in [5.41, 5.74) is 6.05. The lowest BCUT2D eigenvalue weighted by atomic mass is 10.1. The molecule has 1 amide bonds. The summed E-state index contributed by atoms with van der Waals surface area (Å²) >= 11 is 0. The standard InChI is InChI=1S/C14H15N5O/c15-19-13-8-16-7-12(18-13)14(20)17-11-5-4-9-2-1-3-10(9)6-11/h4-8H,1-3,15H2,(H,17,20)(H,18,19). The van der Waals surface area contributed by atoms with E-state index in [-0.39, 0.29) is 11.6 Å². The molecule has 1 heterocycles. The zero-order valence-corrected chi connectivity index (χ0v) is 10.9. The minimum Gasteiger partial charge on any atom is -0.321 e. The van der Waals surface area contributed by atoms with Gasteiger partial charge in [-0.1, -0.05) is 6.07 Å². The predicted molar refractivity (Wildman–Crippen MR) is 76.3 cm³/mol. The molecule has 6 heteroatoms. The van der Waals surface area contributed by atoms with Crippen molar-refractivity contribution in [2.75, 3.05) is 10.7 Å². The topological polar surface area (TPSA) is 92.9 Å². The van der Waals surface area contributed by atoms with Gasteiger partial charge >= 0.3 is 0 Å². The van der Waals surface area contributed by atoms with Crippen LogP contribution in [0.5, 0.6) is 0 Å². The number of nitrogens with two attached hydrogens (primary N) is 1. The first-order chi connectivity index (χ1) is 9.76. The second-order valence-electron chi connectivity index (χ2n) is 4.73. The van der Waals surface area contributed by atoms with Gasteiger partial charge in [0.2, 0.25) is 0 Å². The lowest BCUT2D eigenvalue weighted by Crippen LogP contribution is -2.16. The molecule has 0 spiro atoms. The van der Waals surface area contributed by atoms with Crippen molar-refractivity contribution in [1.29, 1.82) is 0 Å². The molecule has 0 unspecified atom stereocenters. The maximum absolute atomic E-state index is 12.1. The van der Waals surface area contributed by atoms with E-state index in [1.165, 1.54) is 29.9 Å². The Morgan fingerprint density at radius 2 is 2.05 bits per heavy atom. The van der Waals surface area contributed by atoms with Gasteiger partial charge in [0.15, 0.2) is 5.82 Å². The quantitative estimate of drug-likeness (QED) is 0.580. The Hall–Kier alpha value is -2.47.